The summed E-state index contributed by atoms with van der Waals surface area (Å²) in [4.78, 5) is 17.9. The third-order valence-corrected chi connectivity index (χ3v) is 8.38. The maximum Gasteiger partial charge on any atom is 0.416 e. The summed E-state index contributed by atoms with van der Waals surface area (Å²) in [6, 6.07) is 6.26. The minimum atomic E-state index is -4.32. The average molecular weight is 466 g/mol. The highest BCUT2D eigenvalue weighted by molar-refractivity contribution is 5.84. The van der Waals surface area contributed by atoms with Crippen LogP contribution in [0.4, 0.5) is 18.9 Å². The maximum atomic E-state index is 13.8. The van der Waals surface area contributed by atoms with Crippen molar-refractivity contribution in [3.8, 4) is 0 Å². The molecule has 2 aliphatic heterocycles. The van der Waals surface area contributed by atoms with Crippen LogP contribution < -0.4 is 10.2 Å². The van der Waals surface area contributed by atoms with Crippen molar-refractivity contribution in [3.63, 3.8) is 0 Å². The van der Waals surface area contributed by atoms with Gasteiger partial charge in [-0.25, -0.2) is 0 Å². The molecule has 0 aromatic heterocycles. The van der Waals surface area contributed by atoms with E-state index in [2.05, 4.69) is 10.2 Å². The Morgan fingerprint density at radius 3 is 2.36 bits per heavy atom. The lowest BCUT2D eigenvalue weighted by molar-refractivity contribution is -0.144. The zero-order valence-corrected chi connectivity index (χ0v) is 19.1. The van der Waals surface area contributed by atoms with Gasteiger partial charge >= 0.3 is 6.18 Å². The molecule has 4 aliphatic rings. The monoisotopic (exact) mass is 465 g/mol. The molecule has 0 bridgehead atoms. The number of fused-ring (bicyclic) bond motifs is 1. The number of hydrogen-bond acceptors (Lipinski definition) is 4. The van der Waals surface area contributed by atoms with Gasteiger partial charge in [-0.1, -0.05) is 6.42 Å². The molecule has 3 atom stereocenters. The van der Waals surface area contributed by atoms with E-state index in [4.69, 9.17) is 4.74 Å². The number of nitrogens with one attached hydrogen (secondary N) is 1. The number of nitrogens with zero attached hydrogens (tertiary/aromatic N) is 2. The summed E-state index contributed by atoms with van der Waals surface area (Å²) in [7, 11) is 0. The van der Waals surface area contributed by atoms with E-state index in [-0.39, 0.29) is 5.41 Å². The van der Waals surface area contributed by atoms with Gasteiger partial charge in [0.25, 0.3) is 0 Å². The van der Waals surface area contributed by atoms with E-state index < -0.39 is 11.7 Å². The first-order chi connectivity index (χ1) is 15.8. The Morgan fingerprint density at radius 1 is 1.00 bits per heavy atom. The normalized spacial score (nSPS) is 31.1. The van der Waals surface area contributed by atoms with E-state index in [1.54, 1.807) is 0 Å². The zero-order valence-electron chi connectivity index (χ0n) is 19.1. The van der Waals surface area contributed by atoms with Crippen LogP contribution in [-0.2, 0) is 15.7 Å². The number of piperazine rings is 1. The SMILES string of the molecule is O=C(N1CCN(c2ccc(C(F)(F)F)cc2)CC1)C12CCCC1CC(NC1CCOCC1)C2. The highest BCUT2D eigenvalue weighted by Crippen LogP contribution is 2.55. The fourth-order valence-corrected chi connectivity index (χ4v) is 6.66. The van der Waals surface area contributed by atoms with E-state index in [0.717, 1.165) is 76.0 Å². The average Bonchev–Trinajstić information content (AvgIpc) is 3.37. The van der Waals surface area contributed by atoms with Gasteiger partial charge in [-0.3, -0.25) is 4.79 Å². The van der Waals surface area contributed by atoms with Crippen LogP contribution in [0.2, 0.25) is 0 Å². The number of ether oxygens (including phenoxy) is 1. The van der Waals surface area contributed by atoms with Crippen LogP contribution >= 0.6 is 0 Å². The smallest absolute Gasteiger partial charge is 0.381 e. The number of anilines is 1. The van der Waals surface area contributed by atoms with Gasteiger partial charge in [0.2, 0.25) is 5.91 Å². The molecule has 5 nitrogen and oxygen atoms in total. The summed E-state index contributed by atoms with van der Waals surface area (Å²) in [6.45, 7) is 4.21. The van der Waals surface area contributed by atoms with E-state index in [0.29, 0.717) is 50.1 Å². The first-order valence-electron chi connectivity index (χ1n) is 12.4. The standard InChI is InChI=1S/C25H34F3N3O2/c26-25(27,28)18-3-5-22(6-4-18)30-10-12-31(13-11-30)23(32)24-9-1-2-19(24)16-21(17-24)29-20-7-14-33-15-8-20/h3-6,19-21,29H,1-2,7-17H2. The zero-order chi connectivity index (χ0) is 23.1. The molecule has 0 radical (unpaired) electrons. The number of alkyl halides is 3. The number of carbonyl (C=O) groups excluding carboxylic acids is 1. The summed E-state index contributed by atoms with van der Waals surface area (Å²) < 4.78 is 44.0. The molecule has 5 rings (SSSR count). The number of benzene rings is 1. The highest BCUT2D eigenvalue weighted by Gasteiger charge is 2.56. The van der Waals surface area contributed by atoms with Crippen molar-refractivity contribution in [3.05, 3.63) is 29.8 Å². The summed E-state index contributed by atoms with van der Waals surface area (Å²) in [5.41, 5.74) is -0.0653. The van der Waals surface area contributed by atoms with E-state index in [1.807, 2.05) is 4.90 Å². The molecule has 3 unspecified atom stereocenters. The third-order valence-electron chi connectivity index (χ3n) is 8.38. The first kappa shape index (κ1) is 23.0. The summed E-state index contributed by atoms with van der Waals surface area (Å²) in [6.07, 6.45) is 3.07. The largest absolute Gasteiger partial charge is 0.416 e. The molecule has 8 heteroatoms. The number of rotatable bonds is 4. The molecule has 1 aromatic rings. The second-order valence-corrected chi connectivity index (χ2v) is 10.3. The van der Waals surface area contributed by atoms with E-state index >= 15 is 0 Å². The van der Waals surface area contributed by atoms with Gasteiger partial charge in [0.15, 0.2) is 0 Å². The second-order valence-electron chi connectivity index (χ2n) is 10.3. The Labute approximate surface area is 193 Å². The lowest BCUT2D eigenvalue weighted by Gasteiger charge is -2.41. The van der Waals surface area contributed by atoms with Crippen molar-refractivity contribution in [2.45, 2.75) is 63.2 Å². The van der Waals surface area contributed by atoms with Gasteiger partial charge in [0, 0.05) is 57.2 Å². The Hall–Kier alpha value is -1.80. The summed E-state index contributed by atoms with van der Waals surface area (Å²) in [5.74, 6) is 0.781. The fourth-order valence-electron chi connectivity index (χ4n) is 6.66. The van der Waals surface area contributed by atoms with E-state index in [1.165, 1.54) is 12.1 Å². The van der Waals surface area contributed by atoms with Gasteiger partial charge < -0.3 is 19.9 Å². The minimum Gasteiger partial charge on any atom is -0.381 e. The Morgan fingerprint density at radius 2 is 1.70 bits per heavy atom. The van der Waals surface area contributed by atoms with Crippen LogP contribution in [0.25, 0.3) is 0 Å². The van der Waals surface area contributed by atoms with Gasteiger partial charge in [0.1, 0.15) is 0 Å². The van der Waals surface area contributed by atoms with Gasteiger partial charge in [-0.2, -0.15) is 13.2 Å². The number of hydrogen-bond donors (Lipinski definition) is 1. The molecule has 2 heterocycles. The highest BCUT2D eigenvalue weighted by atomic mass is 19.4. The van der Waals surface area contributed by atoms with Gasteiger partial charge in [0.05, 0.1) is 11.0 Å². The molecule has 182 valence electrons. The fraction of sp³-hybridized carbons (Fsp3) is 0.720. The van der Waals surface area contributed by atoms with Crippen molar-refractivity contribution in [1.29, 1.82) is 0 Å². The Bertz CT molecular complexity index is 832. The lowest BCUT2D eigenvalue weighted by atomic mass is 9.78. The number of carbonyl (C=O) groups is 1. The molecule has 4 fully saturated rings. The second kappa shape index (κ2) is 9.10. The first-order valence-corrected chi connectivity index (χ1v) is 12.4. The van der Waals surface area contributed by atoms with Crippen LogP contribution in [0.1, 0.15) is 50.5 Å². The predicted octanol–water partition coefficient (Wildman–Crippen LogP) is 4.07. The predicted molar refractivity (Wildman–Crippen MR) is 120 cm³/mol. The van der Waals surface area contributed by atoms with Crippen LogP contribution in [-0.4, -0.2) is 62.3 Å². The van der Waals surface area contributed by atoms with Crippen LogP contribution in [0, 0.1) is 11.3 Å². The molecule has 1 aromatic carbocycles. The molecule has 1 amide bonds. The lowest BCUT2D eigenvalue weighted by Crippen LogP contribution is -2.53. The van der Waals surface area contributed by atoms with Crippen LogP contribution in [0.3, 0.4) is 0 Å². The van der Waals surface area contributed by atoms with Crippen molar-refractivity contribution in [2.24, 2.45) is 11.3 Å². The summed E-state index contributed by atoms with van der Waals surface area (Å²) in [5, 5.41) is 3.83. The van der Waals surface area contributed by atoms with Crippen molar-refractivity contribution >= 4 is 11.6 Å². The van der Waals surface area contributed by atoms with Gasteiger partial charge in [-0.05, 0) is 68.7 Å². The van der Waals surface area contributed by atoms with Crippen LogP contribution in [0.15, 0.2) is 24.3 Å². The maximum absolute atomic E-state index is 13.8. The molecule has 0 spiro atoms. The number of halogens is 3. The molecule has 2 saturated heterocycles. The topological polar surface area (TPSA) is 44.8 Å². The van der Waals surface area contributed by atoms with Crippen molar-refractivity contribution in [2.75, 3.05) is 44.3 Å². The Balaban J connectivity index is 1.19. The quantitative estimate of drug-likeness (QED) is 0.728. The minimum absolute atomic E-state index is 0.223. The summed E-state index contributed by atoms with van der Waals surface area (Å²) >= 11 is 0. The molecule has 1 N–H and O–H groups in total. The van der Waals surface area contributed by atoms with Crippen LogP contribution in [0.5, 0.6) is 0 Å². The molecular formula is C25H34F3N3O2. The Kier molecular flexibility index (Phi) is 6.33. The molecule has 33 heavy (non-hydrogen) atoms. The van der Waals surface area contributed by atoms with Gasteiger partial charge in [-0.15, -0.1) is 0 Å². The van der Waals surface area contributed by atoms with E-state index in [9.17, 15) is 18.0 Å². The third kappa shape index (κ3) is 4.61. The molecular weight excluding hydrogens is 431 g/mol. The van der Waals surface area contributed by atoms with Crippen molar-refractivity contribution < 1.29 is 22.7 Å². The van der Waals surface area contributed by atoms with Crippen molar-refractivity contribution in [1.82, 2.24) is 10.2 Å². The molecule has 2 saturated carbocycles. The number of amides is 1. The molecule has 2 aliphatic carbocycles.